The molecule has 1 aliphatic heterocycles. The number of hydrogen-bond acceptors (Lipinski definition) is 8. The Morgan fingerprint density at radius 3 is 2.51 bits per heavy atom. The minimum absolute atomic E-state index is 0.0316. The smallest absolute Gasteiger partial charge is 0.287 e. The normalized spacial score (nSPS) is 16.4. The molecule has 0 fully saturated rings. The molecule has 0 saturated carbocycles. The first kappa shape index (κ1) is 27.3. The standard InChI is InChI=1S/C29H28N4O6/c1-2-20-7-9-23(10-8-20)24-15-26(39-28(16-24)38-19-22-5-3-21(18-34)4-6-22)29(35)31-14-13-30-27-12-11-25(17-32-27)33(36)37/h1,3-12,15,17,24,28,34H,13-14,16,18-19H2,(H,30,32)(H,31,35)/t24-,28+/m0/s1. The van der Waals surface area contributed by atoms with Crippen molar-refractivity contribution in [2.24, 2.45) is 0 Å². The number of aliphatic hydroxyl groups excluding tert-OH is 1. The maximum Gasteiger partial charge on any atom is 0.287 e. The number of benzene rings is 2. The van der Waals surface area contributed by atoms with Crippen molar-refractivity contribution >= 4 is 17.4 Å². The lowest BCUT2D eigenvalue weighted by Crippen LogP contribution is -2.35. The van der Waals surface area contributed by atoms with Crippen molar-refractivity contribution in [3.05, 3.63) is 111 Å². The minimum atomic E-state index is -0.659. The van der Waals surface area contributed by atoms with Crippen LogP contribution in [-0.4, -0.2) is 40.3 Å². The van der Waals surface area contributed by atoms with Gasteiger partial charge in [0.1, 0.15) is 12.0 Å². The number of anilines is 1. The van der Waals surface area contributed by atoms with Crippen LogP contribution in [0.25, 0.3) is 0 Å². The number of nitrogens with zero attached hydrogens (tertiary/aromatic N) is 2. The number of terminal acetylenes is 1. The molecule has 0 unspecified atom stereocenters. The third kappa shape index (κ3) is 7.64. The Bertz CT molecular complexity index is 1350. The number of carbonyl (C=O) groups excluding carboxylic acids is 1. The largest absolute Gasteiger partial charge is 0.459 e. The number of carbonyl (C=O) groups is 1. The van der Waals surface area contributed by atoms with Crippen molar-refractivity contribution in [3.63, 3.8) is 0 Å². The lowest BCUT2D eigenvalue weighted by molar-refractivity contribution is -0.385. The number of amides is 1. The predicted octanol–water partition coefficient (Wildman–Crippen LogP) is 3.62. The van der Waals surface area contributed by atoms with E-state index in [0.717, 1.165) is 22.3 Å². The van der Waals surface area contributed by atoms with Crippen LogP contribution < -0.4 is 10.6 Å². The van der Waals surface area contributed by atoms with Crippen LogP contribution in [-0.2, 0) is 27.5 Å². The number of ether oxygens (including phenoxy) is 2. The quantitative estimate of drug-likeness (QED) is 0.149. The first-order chi connectivity index (χ1) is 18.9. The van der Waals surface area contributed by atoms with Crippen LogP contribution in [0.5, 0.6) is 0 Å². The van der Waals surface area contributed by atoms with Gasteiger partial charge in [-0.2, -0.15) is 0 Å². The third-order valence-electron chi connectivity index (χ3n) is 6.10. The van der Waals surface area contributed by atoms with E-state index in [9.17, 15) is 20.0 Å². The van der Waals surface area contributed by atoms with E-state index in [1.54, 1.807) is 6.08 Å². The van der Waals surface area contributed by atoms with Gasteiger partial charge in [0.05, 0.1) is 18.1 Å². The van der Waals surface area contributed by atoms with Crippen LogP contribution >= 0.6 is 0 Å². The van der Waals surface area contributed by atoms with Gasteiger partial charge in [0.25, 0.3) is 11.6 Å². The second-order valence-electron chi connectivity index (χ2n) is 8.81. The third-order valence-corrected chi connectivity index (χ3v) is 6.10. The Labute approximate surface area is 225 Å². The van der Waals surface area contributed by atoms with Crippen molar-refractivity contribution in [2.45, 2.75) is 31.8 Å². The summed E-state index contributed by atoms with van der Waals surface area (Å²) in [5.74, 6) is 2.70. The number of rotatable bonds is 11. The summed E-state index contributed by atoms with van der Waals surface area (Å²) >= 11 is 0. The molecule has 1 aromatic heterocycles. The maximum absolute atomic E-state index is 13.0. The van der Waals surface area contributed by atoms with Crippen molar-refractivity contribution in [1.29, 1.82) is 0 Å². The van der Waals surface area contributed by atoms with E-state index in [1.807, 2.05) is 48.5 Å². The molecule has 0 radical (unpaired) electrons. The van der Waals surface area contributed by atoms with Crippen LogP contribution in [0.1, 0.15) is 34.6 Å². The zero-order chi connectivity index (χ0) is 27.6. The topological polar surface area (TPSA) is 136 Å². The van der Waals surface area contributed by atoms with Crippen LogP contribution in [0, 0.1) is 22.5 Å². The molecule has 0 aliphatic carbocycles. The molecule has 3 N–H and O–H groups in total. The Hall–Kier alpha value is -4.72. The van der Waals surface area contributed by atoms with E-state index in [0.29, 0.717) is 18.8 Å². The number of aromatic nitrogens is 1. The van der Waals surface area contributed by atoms with Crippen molar-refractivity contribution in [1.82, 2.24) is 10.3 Å². The number of nitrogens with one attached hydrogen (secondary N) is 2. The summed E-state index contributed by atoms with van der Waals surface area (Å²) in [5.41, 5.74) is 3.37. The molecule has 2 aromatic carbocycles. The lowest BCUT2D eigenvalue weighted by Gasteiger charge is -2.29. The van der Waals surface area contributed by atoms with Crippen molar-refractivity contribution in [2.75, 3.05) is 18.4 Å². The molecular weight excluding hydrogens is 500 g/mol. The van der Waals surface area contributed by atoms with E-state index < -0.39 is 11.2 Å². The second-order valence-corrected chi connectivity index (χ2v) is 8.81. The Morgan fingerprint density at radius 2 is 1.87 bits per heavy atom. The number of allylic oxidation sites excluding steroid dienone is 1. The van der Waals surface area contributed by atoms with Crippen molar-refractivity contribution < 1.29 is 24.3 Å². The Morgan fingerprint density at radius 1 is 1.13 bits per heavy atom. The number of hydrogen-bond donors (Lipinski definition) is 3. The predicted molar refractivity (Wildman–Crippen MR) is 144 cm³/mol. The highest BCUT2D eigenvalue weighted by atomic mass is 16.7. The van der Waals surface area contributed by atoms with E-state index in [-0.39, 0.29) is 43.0 Å². The van der Waals surface area contributed by atoms with Crippen LogP contribution in [0.2, 0.25) is 0 Å². The zero-order valence-electron chi connectivity index (χ0n) is 21.1. The lowest BCUT2D eigenvalue weighted by atomic mass is 9.92. The zero-order valence-corrected chi connectivity index (χ0v) is 21.1. The molecule has 0 spiro atoms. The molecule has 200 valence electrons. The Kier molecular flexibility index (Phi) is 9.24. The number of pyridine rings is 1. The van der Waals surface area contributed by atoms with Gasteiger partial charge in [-0.1, -0.05) is 42.3 Å². The summed E-state index contributed by atoms with van der Waals surface area (Å²) in [6.07, 6.45) is 8.28. The molecule has 39 heavy (non-hydrogen) atoms. The molecular formula is C29H28N4O6. The molecule has 10 nitrogen and oxygen atoms in total. The molecule has 10 heteroatoms. The maximum atomic E-state index is 13.0. The van der Waals surface area contributed by atoms with Gasteiger partial charge in [0.15, 0.2) is 5.76 Å². The highest BCUT2D eigenvalue weighted by Gasteiger charge is 2.28. The summed E-state index contributed by atoms with van der Waals surface area (Å²) in [5, 5.41) is 25.8. The summed E-state index contributed by atoms with van der Waals surface area (Å²) < 4.78 is 11.9. The van der Waals surface area contributed by atoms with Gasteiger partial charge in [0, 0.05) is 37.1 Å². The first-order valence-electron chi connectivity index (χ1n) is 12.3. The van der Waals surface area contributed by atoms with Gasteiger partial charge < -0.3 is 25.2 Å². The SMILES string of the molecule is C#Cc1ccc([C@H]2C=C(C(=O)NCCNc3ccc([N+](=O)[O-])cn3)O[C@@H](OCc3ccc(CO)cc3)C2)cc1. The summed E-state index contributed by atoms with van der Waals surface area (Å²) in [6, 6.07) is 17.8. The van der Waals surface area contributed by atoms with E-state index in [1.165, 1.54) is 18.3 Å². The molecule has 1 amide bonds. The molecule has 2 atom stereocenters. The summed E-state index contributed by atoms with van der Waals surface area (Å²) in [6.45, 7) is 0.864. The molecule has 4 rings (SSSR count). The molecule has 2 heterocycles. The fourth-order valence-electron chi connectivity index (χ4n) is 3.96. The van der Waals surface area contributed by atoms with Crippen LogP contribution in [0.4, 0.5) is 11.5 Å². The van der Waals surface area contributed by atoms with E-state index in [2.05, 4.69) is 21.5 Å². The molecule has 0 saturated heterocycles. The average molecular weight is 529 g/mol. The van der Waals surface area contributed by atoms with E-state index in [4.69, 9.17) is 15.9 Å². The van der Waals surface area contributed by atoms with Gasteiger partial charge in [-0.15, -0.1) is 6.42 Å². The molecule has 3 aromatic rings. The number of aliphatic hydroxyl groups is 1. The average Bonchev–Trinajstić information content (AvgIpc) is 2.98. The van der Waals surface area contributed by atoms with E-state index >= 15 is 0 Å². The van der Waals surface area contributed by atoms with Gasteiger partial charge in [-0.3, -0.25) is 14.9 Å². The number of nitro groups is 1. The summed E-state index contributed by atoms with van der Waals surface area (Å²) in [7, 11) is 0. The monoisotopic (exact) mass is 528 g/mol. The van der Waals surface area contributed by atoms with Gasteiger partial charge >= 0.3 is 0 Å². The fraction of sp³-hybridized carbons (Fsp3) is 0.241. The first-order valence-corrected chi connectivity index (χ1v) is 12.3. The van der Waals surface area contributed by atoms with Crippen molar-refractivity contribution in [3.8, 4) is 12.3 Å². The van der Waals surface area contributed by atoms with Crippen LogP contribution in [0.3, 0.4) is 0 Å². The molecule has 0 bridgehead atoms. The highest BCUT2D eigenvalue weighted by molar-refractivity contribution is 5.91. The Balaban J connectivity index is 1.38. The van der Waals surface area contributed by atoms with Gasteiger partial charge in [-0.05, 0) is 41.0 Å². The van der Waals surface area contributed by atoms with Gasteiger partial charge in [0.2, 0.25) is 6.29 Å². The van der Waals surface area contributed by atoms with Crippen LogP contribution in [0.15, 0.2) is 78.7 Å². The minimum Gasteiger partial charge on any atom is -0.459 e. The fourth-order valence-corrected chi connectivity index (χ4v) is 3.96. The molecule has 1 aliphatic rings. The second kappa shape index (κ2) is 13.2. The van der Waals surface area contributed by atoms with Gasteiger partial charge in [-0.25, -0.2) is 4.98 Å². The summed E-state index contributed by atoms with van der Waals surface area (Å²) in [4.78, 5) is 27.2. The highest BCUT2D eigenvalue weighted by Crippen LogP contribution is 2.32.